The second-order valence-electron chi connectivity index (χ2n) is 22.5. The molecule has 0 fully saturated rings. The van der Waals surface area contributed by atoms with Crippen LogP contribution in [0.2, 0.25) is 0 Å². The van der Waals surface area contributed by atoms with Gasteiger partial charge in [0.15, 0.2) is 0 Å². The van der Waals surface area contributed by atoms with Gasteiger partial charge < -0.3 is 33.3 Å². The van der Waals surface area contributed by atoms with Crippen LogP contribution < -0.4 is 33.3 Å². The molecule has 0 atom stereocenters. The fourth-order valence-electron chi connectivity index (χ4n) is 10.1. The minimum atomic E-state index is -4.41. The third-order valence-electron chi connectivity index (χ3n) is 14.9. The zero-order chi connectivity index (χ0) is 69.0. The van der Waals surface area contributed by atoms with Crippen molar-refractivity contribution in [1.82, 2.24) is 0 Å². The van der Waals surface area contributed by atoms with Gasteiger partial charge in [-0.25, -0.2) is 0 Å². The summed E-state index contributed by atoms with van der Waals surface area (Å²) < 4.78 is 189. The number of halogens is 12. The number of benzene rings is 9. The Balaban J connectivity index is 1.10. The molecule has 9 aromatic carbocycles. The normalized spacial score (nSPS) is 12.2. The Bertz CT molecular complexity index is 3760. The van der Waals surface area contributed by atoms with Crippen molar-refractivity contribution in [3.05, 3.63) is 268 Å². The molecule has 0 saturated heterocycles. The van der Waals surface area contributed by atoms with Gasteiger partial charge in [-0.3, -0.25) is 0 Å². The van der Waals surface area contributed by atoms with E-state index in [9.17, 15) is 52.7 Å². The lowest BCUT2D eigenvalue weighted by molar-refractivity contribution is -0.140. The predicted molar refractivity (Wildman–Crippen MR) is 357 cm³/mol. The van der Waals surface area contributed by atoms with Crippen LogP contribution >= 0.6 is 0 Å². The SMILES string of the molecule is CCCOc1ccc(/C(=C\c2ccc(N(c3ccc(C=C(c4ccc(OCCC(F)(F)F)cc4)c4ccc(OCCC(F)(F)F)cc4)cc3)c3ccc(/C=C(\c4ccc(OCCC)cc4)c4ccc(OCCC(F)(F)F)cc4)cc3)cc2)c2ccc(OCCC(F)(F)F)cc2)cc1. The summed E-state index contributed by atoms with van der Waals surface area (Å²) in [5.41, 5.74) is 11.4. The van der Waals surface area contributed by atoms with Gasteiger partial charge in [-0.15, -0.1) is 0 Å². The molecule has 0 aromatic heterocycles. The average molecular weight is 1340 g/mol. The van der Waals surface area contributed by atoms with E-state index in [4.69, 9.17) is 28.4 Å². The monoisotopic (exact) mass is 1340 g/mol. The highest BCUT2D eigenvalue weighted by atomic mass is 19.4. The summed E-state index contributed by atoms with van der Waals surface area (Å²) in [6, 6.07) is 65.5. The van der Waals surface area contributed by atoms with Gasteiger partial charge in [-0.05, 0) is 207 Å². The summed E-state index contributed by atoms with van der Waals surface area (Å²) in [4.78, 5) is 2.06. The van der Waals surface area contributed by atoms with E-state index in [2.05, 4.69) is 4.90 Å². The molecule has 0 saturated carbocycles. The molecule has 7 nitrogen and oxygen atoms in total. The van der Waals surface area contributed by atoms with Crippen LogP contribution in [0.4, 0.5) is 69.7 Å². The molecule has 0 radical (unpaired) electrons. The van der Waals surface area contributed by atoms with E-state index < -0.39 is 76.8 Å². The van der Waals surface area contributed by atoms with Gasteiger partial charge in [0, 0.05) is 17.1 Å². The molecular weight excluding hydrogens is 1270 g/mol. The molecule has 0 aliphatic carbocycles. The Morgan fingerprint density at radius 2 is 0.433 bits per heavy atom. The van der Waals surface area contributed by atoms with E-state index in [0.717, 1.165) is 80.0 Å². The van der Waals surface area contributed by atoms with Crippen molar-refractivity contribution in [2.75, 3.05) is 44.5 Å². The van der Waals surface area contributed by atoms with Crippen LogP contribution in [-0.2, 0) is 0 Å². The molecule has 0 bridgehead atoms. The topological polar surface area (TPSA) is 58.6 Å². The van der Waals surface area contributed by atoms with E-state index in [0.29, 0.717) is 41.4 Å². The Hall–Kier alpha value is -10.0. The maximum absolute atomic E-state index is 13.0. The van der Waals surface area contributed by atoms with Gasteiger partial charge >= 0.3 is 24.7 Å². The molecule has 506 valence electrons. The zero-order valence-corrected chi connectivity index (χ0v) is 52.9. The summed E-state index contributed by atoms with van der Waals surface area (Å²) >= 11 is 0. The van der Waals surface area contributed by atoms with Crippen molar-refractivity contribution in [1.29, 1.82) is 0 Å². The van der Waals surface area contributed by atoms with E-state index in [1.165, 1.54) is 0 Å². The summed E-state index contributed by atoms with van der Waals surface area (Å²) in [6.07, 6.45) is -14.4. The third-order valence-corrected chi connectivity index (χ3v) is 14.9. The third kappa shape index (κ3) is 22.5. The summed E-state index contributed by atoms with van der Waals surface area (Å²) in [6.45, 7) is 2.89. The Morgan fingerprint density at radius 3 is 0.598 bits per heavy atom. The smallest absolute Gasteiger partial charge is 0.392 e. The first-order chi connectivity index (χ1) is 46.4. The molecule has 0 N–H and O–H groups in total. The van der Waals surface area contributed by atoms with Gasteiger partial charge in [0.2, 0.25) is 0 Å². The van der Waals surface area contributed by atoms with E-state index in [-0.39, 0.29) is 23.0 Å². The number of rotatable bonds is 30. The van der Waals surface area contributed by atoms with Crippen LogP contribution in [0.25, 0.3) is 34.9 Å². The number of hydrogen-bond donors (Lipinski definition) is 0. The average Bonchev–Trinajstić information content (AvgIpc) is 0.816. The maximum atomic E-state index is 13.0. The lowest BCUT2D eigenvalue weighted by Gasteiger charge is -2.26. The minimum absolute atomic E-state index is 0.220. The summed E-state index contributed by atoms with van der Waals surface area (Å²) in [5.74, 6) is 2.40. The van der Waals surface area contributed by atoms with Crippen molar-refractivity contribution < 1.29 is 81.1 Å². The Morgan fingerprint density at radius 1 is 0.258 bits per heavy atom. The summed E-state index contributed by atoms with van der Waals surface area (Å²) in [7, 11) is 0. The van der Waals surface area contributed by atoms with Gasteiger partial charge in [0.1, 0.15) is 34.5 Å². The molecule has 19 heteroatoms. The van der Waals surface area contributed by atoms with E-state index >= 15 is 0 Å². The van der Waals surface area contributed by atoms with Gasteiger partial charge in [-0.2, -0.15) is 52.7 Å². The van der Waals surface area contributed by atoms with E-state index in [1.54, 1.807) is 97.1 Å². The van der Waals surface area contributed by atoms with Crippen LogP contribution in [-0.4, -0.2) is 64.3 Å². The van der Waals surface area contributed by atoms with Crippen LogP contribution in [0, 0.1) is 0 Å². The predicted octanol–water partition coefficient (Wildman–Crippen LogP) is 22.8. The van der Waals surface area contributed by atoms with Crippen LogP contribution in [0.1, 0.15) is 102 Å². The largest absolute Gasteiger partial charge is 0.494 e. The molecule has 0 heterocycles. The minimum Gasteiger partial charge on any atom is -0.494 e. The van der Waals surface area contributed by atoms with Crippen LogP contribution in [0.5, 0.6) is 34.5 Å². The Kier molecular flexibility index (Phi) is 24.3. The van der Waals surface area contributed by atoms with Gasteiger partial charge in [-0.1, -0.05) is 123 Å². The van der Waals surface area contributed by atoms with Crippen LogP contribution in [0.3, 0.4) is 0 Å². The first-order valence-corrected chi connectivity index (χ1v) is 31.3. The molecular formula is C78H69F12NO6. The number of hydrogen-bond acceptors (Lipinski definition) is 7. The lowest BCUT2D eigenvalue weighted by atomic mass is 9.95. The fraction of sp³-hybridized carbons (Fsp3) is 0.231. The lowest BCUT2D eigenvalue weighted by Crippen LogP contribution is -2.13. The van der Waals surface area contributed by atoms with Crippen LogP contribution in [0.15, 0.2) is 218 Å². The quantitative estimate of drug-likeness (QED) is 0.0328. The number of nitrogens with zero attached hydrogens (tertiary/aromatic N) is 1. The van der Waals surface area contributed by atoms with E-state index in [1.807, 2.05) is 153 Å². The highest BCUT2D eigenvalue weighted by Crippen LogP contribution is 2.39. The molecule has 0 amide bonds. The molecule has 97 heavy (non-hydrogen) atoms. The van der Waals surface area contributed by atoms with Crippen molar-refractivity contribution in [3.63, 3.8) is 0 Å². The summed E-state index contributed by atoms with van der Waals surface area (Å²) in [5, 5.41) is 0. The number of alkyl halides is 12. The van der Waals surface area contributed by atoms with Crippen molar-refractivity contribution in [3.8, 4) is 34.5 Å². The molecule has 0 aliphatic rings. The second-order valence-corrected chi connectivity index (χ2v) is 22.5. The standard InChI is InChI=1S/C78H69F12NO6/c1-3-45-92-66-29-11-57(12-30-66)72(59-15-33-68(34-16-59)94-47-41-75(79,80)81)51-54-5-23-63(24-6-54)91(64-25-7-55(8-26-64)52-73(58-13-31-67(32-14-58)93-46-4-2)60-17-35-69(36-18-60)95-48-42-76(82,83)84)65-27-9-56(10-28-65)53-74(61-19-37-70(38-20-61)96-49-43-77(85,86)87)62-21-39-71(40-22-62)97-50-44-78(88,89)90/h5-40,51-53H,3-4,41-50H2,1-2H3/b72-51+,73-52+. The van der Waals surface area contributed by atoms with Gasteiger partial charge in [0.05, 0.1) is 65.3 Å². The molecule has 0 unspecified atom stereocenters. The highest BCUT2D eigenvalue weighted by molar-refractivity contribution is 5.94. The Labute approximate surface area is 555 Å². The second kappa shape index (κ2) is 33.1. The zero-order valence-electron chi connectivity index (χ0n) is 52.9. The molecule has 9 rings (SSSR count). The van der Waals surface area contributed by atoms with Gasteiger partial charge in [0.25, 0.3) is 0 Å². The number of anilines is 3. The maximum Gasteiger partial charge on any atom is 0.392 e. The first-order valence-electron chi connectivity index (χ1n) is 31.3. The highest BCUT2D eigenvalue weighted by Gasteiger charge is 2.29. The number of ether oxygens (including phenoxy) is 6. The van der Waals surface area contributed by atoms with Crippen molar-refractivity contribution in [2.24, 2.45) is 0 Å². The first kappa shape index (κ1) is 71.3. The molecule has 9 aromatic rings. The van der Waals surface area contributed by atoms with Crippen molar-refractivity contribution in [2.45, 2.75) is 77.1 Å². The molecule has 0 aliphatic heterocycles. The van der Waals surface area contributed by atoms with Crippen molar-refractivity contribution >= 4 is 52.0 Å². The molecule has 0 spiro atoms. The fourth-order valence-corrected chi connectivity index (χ4v) is 10.1.